The lowest BCUT2D eigenvalue weighted by Crippen LogP contribution is -2.26. The van der Waals surface area contributed by atoms with Crippen molar-refractivity contribution in [1.29, 1.82) is 0 Å². The standard InChI is InChI=1S/2C13H19NO2S.2C7H6O.H2O/c2*1-17-10-2-3-11-4-6-12(7-5-11)13(16)14-8-9-15;2*1-2-4-7-6(3-1)5-8-7;/h2*4-7,15H,2-3,8-10H2,1H3,(H,14,16);2*1-4H,5H2;1H2. The summed E-state index contributed by atoms with van der Waals surface area (Å²) in [4.78, 5) is 23.1. The number of aryl methyl sites for hydroxylation is 2. The van der Waals surface area contributed by atoms with Gasteiger partial charge in [0.05, 0.1) is 13.2 Å². The number of fused-ring (bicyclic) bond motifs is 2. The van der Waals surface area contributed by atoms with Crippen molar-refractivity contribution in [3.63, 3.8) is 0 Å². The number of ether oxygens (including phenoxy) is 2. The molecular weight excluding hydrogens is 685 g/mol. The van der Waals surface area contributed by atoms with Gasteiger partial charge in [-0.2, -0.15) is 23.5 Å². The second-order valence-corrected chi connectivity index (χ2v) is 13.3. The van der Waals surface area contributed by atoms with Crippen LogP contribution in [0, 0.1) is 0 Å². The van der Waals surface area contributed by atoms with E-state index in [2.05, 4.69) is 35.3 Å². The maximum atomic E-state index is 11.5. The van der Waals surface area contributed by atoms with Gasteiger partial charge in [0.1, 0.15) is 24.7 Å². The Labute approximate surface area is 310 Å². The largest absolute Gasteiger partial charge is 0.488 e. The minimum Gasteiger partial charge on any atom is -0.488 e. The quantitative estimate of drug-likeness (QED) is 0.120. The maximum Gasteiger partial charge on any atom is 0.251 e. The fourth-order valence-corrected chi connectivity index (χ4v) is 5.57. The van der Waals surface area contributed by atoms with Crippen LogP contribution in [0.15, 0.2) is 97.1 Å². The number of hydrogen-bond donors (Lipinski definition) is 4. The van der Waals surface area contributed by atoms with E-state index in [-0.39, 0.29) is 30.5 Å². The SMILES string of the molecule is CSCCCc1ccc(C(=O)NCCO)cc1.CSCCCc1ccc(C(=O)NCCO)cc1.O.c1ccc2c(c1)CO2.c1ccc2c(c1)CO2. The molecule has 0 saturated carbocycles. The van der Waals surface area contributed by atoms with Gasteiger partial charge in [0.25, 0.3) is 11.8 Å². The number of carbonyl (C=O) groups is 2. The number of thioether (sulfide) groups is 2. The highest BCUT2D eigenvalue weighted by Crippen LogP contribution is 2.27. The van der Waals surface area contributed by atoms with E-state index in [0.29, 0.717) is 24.2 Å². The molecule has 6 rings (SSSR count). The van der Waals surface area contributed by atoms with Gasteiger partial charge >= 0.3 is 0 Å². The summed E-state index contributed by atoms with van der Waals surface area (Å²) in [5.74, 6) is 4.17. The molecule has 6 N–H and O–H groups in total. The molecule has 4 aromatic rings. The van der Waals surface area contributed by atoms with E-state index < -0.39 is 0 Å². The molecule has 0 spiro atoms. The average Bonchev–Trinajstić information content (AvgIpc) is 3.12. The van der Waals surface area contributed by atoms with E-state index in [0.717, 1.165) is 50.4 Å². The van der Waals surface area contributed by atoms with Crippen molar-refractivity contribution < 1.29 is 34.8 Å². The summed E-state index contributed by atoms with van der Waals surface area (Å²) in [6, 6.07) is 31.5. The van der Waals surface area contributed by atoms with Crippen molar-refractivity contribution in [3.8, 4) is 11.5 Å². The molecule has 0 atom stereocenters. The summed E-state index contributed by atoms with van der Waals surface area (Å²) in [7, 11) is 0. The third-order valence-corrected chi connectivity index (χ3v) is 8.96. The average molecular weight is 737 g/mol. The molecule has 0 fully saturated rings. The number of carbonyl (C=O) groups excluding carboxylic acids is 2. The third-order valence-electron chi connectivity index (χ3n) is 7.57. The molecule has 0 bridgehead atoms. The zero-order chi connectivity index (χ0) is 35.8. The fraction of sp³-hybridized carbons (Fsp3) is 0.350. The zero-order valence-electron chi connectivity index (χ0n) is 29.6. The van der Waals surface area contributed by atoms with E-state index >= 15 is 0 Å². The van der Waals surface area contributed by atoms with Gasteiger partial charge in [-0.3, -0.25) is 9.59 Å². The van der Waals surface area contributed by atoms with Gasteiger partial charge in [-0.15, -0.1) is 0 Å². The highest BCUT2D eigenvalue weighted by molar-refractivity contribution is 7.98. The summed E-state index contributed by atoms with van der Waals surface area (Å²) in [6.07, 6.45) is 8.65. The van der Waals surface area contributed by atoms with Crippen LogP contribution in [-0.2, 0) is 26.1 Å². The van der Waals surface area contributed by atoms with Crippen LogP contribution in [0.5, 0.6) is 11.5 Å². The minimum atomic E-state index is -0.130. The molecule has 0 unspecified atom stereocenters. The Hall–Kier alpha value is -4.00. The summed E-state index contributed by atoms with van der Waals surface area (Å²) in [6.45, 7) is 2.14. The number of hydrogen-bond acceptors (Lipinski definition) is 8. The van der Waals surface area contributed by atoms with Crippen LogP contribution >= 0.6 is 23.5 Å². The van der Waals surface area contributed by atoms with Crippen molar-refractivity contribution in [2.75, 3.05) is 50.3 Å². The zero-order valence-corrected chi connectivity index (χ0v) is 31.2. The molecule has 4 aromatic carbocycles. The molecule has 51 heavy (non-hydrogen) atoms. The fourth-order valence-electron chi connectivity index (χ4n) is 4.71. The first-order valence-electron chi connectivity index (χ1n) is 16.8. The Morgan fingerprint density at radius 2 is 0.980 bits per heavy atom. The third kappa shape index (κ3) is 16.3. The lowest BCUT2D eigenvalue weighted by atomic mass is 10.1. The van der Waals surface area contributed by atoms with Gasteiger partial charge in [0, 0.05) is 35.3 Å². The van der Waals surface area contributed by atoms with Gasteiger partial charge < -0.3 is 35.8 Å². The van der Waals surface area contributed by atoms with Gasteiger partial charge in [-0.1, -0.05) is 60.7 Å². The number of aliphatic hydroxyl groups excluding tert-OH is 2. The Bertz CT molecular complexity index is 1390. The molecule has 2 aliphatic heterocycles. The number of nitrogens with one attached hydrogen (secondary N) is 2. The molecule has 0 aromatic heterocycles. The van der Waals surface area contributed by atoms with E-state index in [1.807, 2.05) is 108 Å². The molecule has 0 aliphatic carbocycles. The first-order chi connectivity index (χ1) is 24.5. The molecular formula is C40H52N2O7S2. The van der Waals surface area contributed by atoms with Gasteiger partial charge in [-0.05, 0) is 97.2 Å². The minimum absolute atomic E-state index is 0. The predicted molar refractivity (Wildman–Crippen MR) is 210 cm³/mol. The van der Waals surface area contributed by atoms with Crippen molar-refractivity contribution in [2.24, 2.45) is 0 Å². The van der Waals surface area contributed by atoms with Crippen LogP contribution in [0.2, 0.25) is 0 Å². The van der Waals surface area contributed by atoms with Gasteiger partial charge in [-0.25, -0.2) is 0 Å². The van der Waals surface area contributed by atoms with Crippen molar-refractivity contribution in [1.82, 2.24) is 10.6 Å². The number of rotatable bonds is 14. The maximum absolute atomic E-state index is 11.5. The second-order valence-electron chi connectivity index (χ2n) is 11.3. The molecule has 0 radical (unpaired) electrons. The molecule has 9 nitrogen and oxygen atoms in total. The first kappa shape index (κ1) is 43.2. The summed E-state index contributed by atoms with van der Waals surface area (Å²) < 4.78 is 10.2. The van der Waals surface area contributed by atoms with E-state index in [1.165, 1.54) is 33.8 Å². The van der Waals surface area contributed by atoms with Gasteiger partial charge in [0.2, 0.25) is 0 Å². The topological polar surface area (TPSA) is 149 Å². The number of benzene rings is 4. The van der Waals surface area contributed by atoms with Crippen molar-refractivity contribution >= 4 is 35.3 Å². The highest BCUT2D eigenvalue weighted by atomic mass is 32.2. The van der Waals surface area contributed by atoms with Crippen LogP contribution in [0.4, 0.5) is 0 Å². The second kappa shape index (κ2) is 25.9. The summed E-state index contributed by atoms with van der Waals surface area (Å²) in [5, 5.41) is 22.5. The van der Waals surface area contributed by atoms with Gasteiger partial charge in [0.15, 0.2) is 0 Å². The molecule has 2 aliphatic rings. The predicted octanol–water partition coefficient (Wildman–Crippen LogP) is 5.74. The van der Waals surface area contributed by atoms with Crippen LogP contribution < -0.4 is 20.1 Å². The molecule has 11 heteroatoms. The number of para-hydroxylation sites is 2. The molecule has 276 valence electrons. The molecule has 2 heterocycles. The molecule has 2 amide bonds. The Balaban J connectivity index is 0.000000246. The first-order valence-corrected chi connectivity index (χ1v) is 19.6. The van der Waals surface area contributed by atoms with Crippen molar-refractivity contribution in [2.45, 2.75) is 38.9 Å². The Kier molecular flexibility index (Phi) is 21.9. The smallest absolute Gasteiger partial charge is 0.251 e. The molecule has 0 saturated heterocycles. The van der Waals surface area contributed by atoms with E-state index in [1.54, 1.807) is 0 Å². The Morgan fingerprint density at radius 1 is 0.608 bits per heavy atom. The summed E-state index contributed by atoms with van der Waals surface area (Å²) >= 11 is 3.70. The highest BCUT2D eigenvalue weighted by Gasteiger charge is 2.11. The Morgan fingerprint density at radius 3 is 1.24 bits per heavy atom. The lowest BCUT2D eigenvalue weighted by molar-refractivity contribution is 0.0937. The van der Waals surface area contributed by atoms with E-state index in [9.17, 15) is 9.59 Å². The van der Waals surface area contributed by atoms with E-state index in [4.69, 9.17) is 19.7 Å². The lowest BCUT2D eigenvalue weighted by Gasteiger charge is -2.18. The van der Waals surface area contributed by atoms with Crippen LogP contribution in [0.3, 0.4) is 0 Å². The summed E-state index contributed by atoms with van der Waals surface area (Å²) in [5.41, 5.74) is 6.47. The normalized spacial score (nSPS) is 11.1. The monoisotopic (exact) mass is 736 g/mol. The van der Waals surface area contributed by atoms with Crippen LogP contribution in [0.1, 0.15) is 55.8 Å². The number of aliphatic hydroxyl groups is 2. The van der Waals surface area contributed by atoms with Crippen LogP contribution in [0.25, 0.3) is 0 Å². The van der Waals surface area contributed by atoms with Crippen LogP contribution in [-0.4, -0.2) is 77.8 Å². The number of amides is 2. The van der Waals surface area contributed by atoms with Crippen molar-refractivity contribution in [3.05, 3.63) is 130 Å².